The molecular formula is C10H8N2O2. The van der Waals surface area contributed by atoms with Gasteiger partial charge < -0.3 is 0 Å². The van der Waals surface area contributed by atoms with E-state index in [2.05, 4.69) is 4.98 Å². The highest BCUT2D eigenvalue weighted by Gasteiger charge is 2.06. The van der Waals surface area contributed by atoms with E-state index in [1.807, 2.05) is 24.3 Å². The van der Waals surface area contributed by atoms with E-state index in [1.54, 1.807) is 12.3 Å². The van der Waals surface area contributed by atoms with Crippen LogP contribution >= 0.6 is 0 Å². The van der Waals surface area contributed by atoms with Gasteiger partial charge in [-0.25, -0.2) is 0 Å². The van der Waals surface area contributed by atoms with Crippen molar-refractivity contribution in [2.24, 2.45) is 0 Å². The first kappa shape index (κ1) is 8.62. The van der Waals surface area contributed by atoms with E-state index in [0.29, 0.717) is 11.1 Å². The lowest BCUT2D eigenvalue weighted by Gasteiger charge is -2.00. The average molecular weight is 188 g/mol. The van der Waals surface area contributed by atoms with Crippen molar-refractivity contribution in [2.75, 3.05) is 0 Å². The molecule has 0 unspecified atom stereocenters. The van der Waals surface area contributed by atoms with Gasteiger partial charge in [0.15, 0.2) is 0 Å². The number of hydrogen-bond donors (Lipinski definition) is 0. The van der Waals surface area contributed by atoms with Gasteiger partial charge in [0.25, 0.3) is 0 Å². The SMILES string of the molecule is O=[N+]([O-])Cc1cccc2cccnc12. The number of fused-ring (bicyclic) bond motifs is 1. The maximum absolute atomic E-state index is 10.4. The van der Waals surface area contributed by atoms with E-state index in [0.717, 1.165) is 5.39 Å². The molecule has 1 aromatic heterocycles. The Hall–Kier alpha value is -1.97. The summed E-state index contributed by atoms with van der Waals surface area (Å²) in [7, 11) is 0. The molecule has 1 aromatic carbocycles. The Kier molecular flexibility index (Phi) is 2.10. The van der Waals surface area contributed by atoms with E-state index < -0.39 is 0 Å². The summed E-state index contributed by atoms with van der Waals surface area (Å²) in [6.07, 6.45) is 1.64. The molecule has 0 aliphatic heterocycles. The van der Waals surface area contributed by atoms with Gasteiger partial charge in [0, 0.05) is 22.1 Å². The third-order valence-corrected chi connectivity index (χ3v) is 2.02. The lowest BCUT2D eigenvalue weighted by atomic mass is 10.1. The van der Waals surface area contributed by atoms with Crippen molar-refractivity contribution >= 4 is 10.9 Å². The number of nitro groups is 1. The van der Waals surface area contributed by atoms with Gasteiger partial charge in [-0.1, -0.05) is 24.3 Å². The average Bonchev–Trinajstić information content (AvgIpc) is 2.18. The fourth-order valence-corrected chi connectivity index (χ4v) is 1.43. The number of benzene rings is 1. The smallest absolute Gasteiger partial charge is 0.231 e. The van der Waals surface area contributed by atoms with Gasteiger partial charge in [-0.15, -0.1) is 0 Å². The summed E-state index contributed by atoms with van der Waals surface area (Å²) in [6.45, 7) is -0.172. The first-order valence-corrected chi connectivity index (χ1v) is 4.22. The molecule has 0 saturated carbocycles. The molecule has 4 nitrogen and oxygen atoms in total. The fourth-order valence-electron chi connectivity index (χ4n) is 1.43. The van der Waals surface area contributed by atoms with Crippen LogP contribution in [0, 0.1) is 10.1 Å². The fraction of sp³-hybridized carbons (Fsp3) is 0.100. The van der Waals surface area contributed by atoms with E-state index in [4.69, 9.17) is 0 Å². The molecule has 0 aliphatic rings. The second-order valence-electron chi connectivity index (χ2n) is 2.98. The molecule has 0 atom stereocenters. The topological polar surface area (TPSA) is 56.0 Å². The van der Waals surface area contributed by atoms with Crippen LogP contribution in [0.15, 0.2) is 36.5 Å². The predicted molar refractivity (Wildman–Crippen MR) is 52.4 cm³/mol. The van der Waals surface area contributed by atoms with Crippen LogP contribution in [0.25, 0.3) is 10.9 Å². The molecule has 0 bridgehead atoms. The summed E-state index contributed by atoms with van der Waals surface area (Å²) in [5.41, 5.74) is 1.37. The minimum absolute atomic E-state index is 0.172. The van der Waals surface area contributed by atoms with Gasteiger partial charge in [-0.05, 0) is 6.07 Å². The van der Waals surface area contributed by atoms with Crippen LogP contribution in [0.1, 0.15) is 5.56 Å². The highest BCUT2D eigenvalue weighted by molar-refractivity contribution is 5.81. The summed E-state index contributed by atoms with van der Waals surface area (Å²) in [6, 6.07) is 9.15. The van der Waals surface area contributed by atoms with Crippen LogP contribution in [0.2, 0.25) is 0 Å². The van der Waals surface area contributed by atoms with Gasteiger partial charge in [0.2, 0.25) is 6.54 Å². The molecule has 4 heteroatoms. The highest BCUT2D eigenvalue weighted by atomic mass is 16.6. The molecule has 0 amide bonds. The maximum atomic E-state index is 10.4. The Morgan fingerprint density at radius 3 is 2.86 bits per heavy atom. The maximum Gasteiger partial charge on any atom is 0.231 e. The minimum atomic E-state index is -0.344. The quantitative estimate of drug-likeness (QED) is 0.535. The number of pyridine rings is 1. The summed E-state index contributed by atoms with van der Waals surface area (Å²) in [5.74, 6) is 0. The Balaban J connectivity index is 2.59. The molecular weight excluding hydrogens is 180 g/mol. The van der Waals surface area contributed by atoms with E-state index >= 15 is 0 Å². The van der Waals surface area contributed by atoms with Gasteiger partial charge in [-0.2, -0.15) is 0 Å². The zero-order chi connectivity index (χ0) is 9.97. The van der Waals surface area contributed by atoms with Crippen molar-refractivity contribution in [1.82, 2.24) is 4.98 Å². The minimum Gasteiger partial charge on any atom is -0.264 e. The normalized spacial score (nSPS) is 10.3. The van der Waals surface area contributed by atoms with Crippen LogP contribution in [0.4, 0.5) is 0 Å². The van der Waals surface area contributed by atoms with Crippen molar-refractivity contribution in [3.63, 3.8) is 0 Å². The first-order valence-electron chi connectivity index (χ1n) is 4.22. The summed E-state index contributed by atoms with van der Waals surface area (Å²) in [4.78, 5) is 14.2. The second kappa shape index (κ2) is 3.41. The molecule has 2 rings (SSSR count). The molecule has 70 valence electrons. The van der Waals surface area contributed by atoms with Crippen LogP contribution in [0.5, 0.6) is 0 Å². The number of aromatic nitrogens is 1. The van der Waals surface area contributed by atoms with Crippen LogP contribution in [0.3, 0.4) is 0 Å². The molecule has 0 N–H and O–H groups in total. The number of rotatable bonds is 2. The summed E-state index contributed by atoms with van der Waals surface area (Å²) in [5, 5.41) is 11.3. The molecule has 0 spiro atoms. The van der Waals surface area contributed by atoms with Crippen molar-refractivity contribution in [2.45, 2.75) is 6.54 Å². The Bertz CT molecular complexity index is 477. The van der Waals surface area contributed by atoms with Gasteiger partial charge in [0.1, 0.15) is 0 Å². The van der Waals surface area contributed by atoms with Gasteiger partial charge in [-0.3, -0.25) is 15.1 Å². The molecule has 0 fully saturated rings. The molecule has 0 radical (unpaired) electrons. The number of hydrogen-bond acceptors (Lipinski definition) is 3. The summed E-state index contributed by atoms with van der Waals surface area (Å²) >= 11 is 0. The van der Waals surface area contributed by atoms with Gasteiger partial charge >= 0.3 is 0 Å². The molecule has 14 heavy (non-hydrogen) atoms. The van der Waals surface area contributed by atoms with Gasteiger partial charge in [0.05, 0.1) is 5.52 Å². The Morgan fingerprint density at radius 2 is 2.07 bits per heavy atom. The zero-order valence-corrected chi connectivity index (χ0v) is 7.38. The largest absolute Gasteiger partial charge is 0.264 e. The predicted octanol–water partition coefficient (Wildman–Crippen LogP) is 2.01. The summed E-state index contributed by atoms with van der Waals surface area (Å²) < 4.78 is 0. The lowest BCUT2D eigenvalue weighted by Crippen LogP contribution is -1.99. The highest BCUT2D eigenvalue weighted by Crippen LogP contribution is 2.16. The lowest BCUT2D eigenvalue weighted by molar-refractivity contribution is -0.496. The zero-order valence-electron chi connectivity index (χ0n) is 7.38. The standard InChI is InChI=1S/C10H8N2O2/c13-12(14)7-9-4-1-3-8-5-2-6-11-10(8)9/h1-6H,7H2. The van der Waals surface area contributed by atoms with Crippen molar-refractivity contribution in [1.29, 1.82) is 0 Å². The number of nitrogens with zero attached hydrogens (tertiary/aromatic N) is 2. The first-order chi connectivity index (χ1) is 6.77. The Labute approximate surface area is 80.4 Å². The molecule has 1 heterocycles. The van der Waals surface area contributed by atoms with Crippen LogP contribution < -0.4 is 0 Å². The molecule has 0 saturated heterocycles. The van der Waals surface area contributed by atoms with Crippen molar-refractivity contribution < 1.29 is 4.92 Å². The van der Waals surface area contributed by atoms with Crippen molar-refractivity contribution in [3.8, 4) is 0 Å². The van der Waals surface area contributed by atoms with Crippen LogP contribution in [-0.4, -0.2) is 9.91 Å². The molecule has 2 aromatic rings. The van der Waals surface area contributed by atoms with E-state index in [-0.39, 0.29) is 11.5 Å². The second-order valence-corrected chi connectivity index (χ2v) is 2.98. The molecule has 0 aliphatic carbocycles. The number of para-hydroxylation sites is 1. The monoisotopic (exact) mass is 188 g/mol. The Morgan fingerprint density at radius 1 is 1.29 bits per heavy atom. The van der Waals surface area contributed by atoms with Crippen LogP contribution in [-0.2, 0) is 6.54 Å². The third kappa shape index (κ3) is 1.54. The third-order valence-electron chi connectivity index (χ3n) is 2.02. The van der Waals surface area contributed by atoms with E-state index in [1.165, 1.54) is 0 Å². The van der Waals surface area contributed by atoms with Crippen molar-refractivity contribution in [3.05, 3.63) is 52.2 Å². The van der Waals surface area contributed by atoms with E-state index in [9.17, 15) is 10.1 Å².